The lowest BCUT2D eigenvalue weighted by Crippen LogP contribution is -2.12. The third-order valence-electron chi connectivity index (χ3n) is 2.50. The second kappa shape index (κ2) is 3.80. The molecule has 0 radical (unpaired) electrons. The molecule has 1 aromatic rings. The van der Waals surface area contributed by atoms with E-state index < -0.39 is 0 Å². The third-order valence-corrected chi connectivity index (χ3v) is 2.50. The molecule has 0 aromatic heterocycles. The van der Waals surface area contributed by atoms with Gasteiger partial charge in [0.25, 0.3) is 0 Å². The largest absolute Gasteiger partial charge is 0.387 e. The number of hydrogen-bond donors (Lipinski definition) is 1. The Morgan fingerprint density at radius 3 is 2.93 bits per heavy atom. The molecule has 1 heterocycles. The highest BCUT2D eigenvalue weighted by Gasteiger charge is 2.22. The fourth-order valence-electron chi connectivity index (χ4n) is 1.66. The van der Waals surface area contributed by atoms with Gasteiger partial charge in [-0.1, -0.05) is 29.4 Å². The van der Waals surface area contributed by atoms with Gasteiger partial charge in [-0.25, -0.2) is 0 Å². The summed E-state index contributed by atoms with van der Waals surface area (Å²) in [5.74, 6) is 0. The second-order valence-corrected chi connectivity index (χ2v) is 3.52. The van der Waals surface area contributed by atoms with E-state index in [0.29, 0.717) is 6.54 Å². The Bertz CT molecular complexity index is 360. The molecule has 0 saturated heterocycles. The van der Waals surface area contributed by atoms with Crippen LogP contribution in [-0.4, -0.2) is 12.3 Å². The summed E-state index contributed by atoms with van der Waals surface area (Å²) >= 11 is 0. The van der Waals surface area contributed by atoms with Crippen molar-refractivity contribution in [1.82, 2.24) is 0 Å². The Labute approximate surface area is 83.6 Å². The van der Waals surface area contributed by atoms with Crippen LogP contribution >= 0.6 is 0 Å². The van der Waals surface area contributed by atoms with Crippen molar-refractivity contribution in [3.05, 3.63) is 35.4 Å². The van der Waals surface area contributed by atoms with E-state index in [2.05, 4.69) is 24.2 Å². The van der Waals surface area contributed by atoms with Crippen molar-refractivity contribution in [2.24, 2.45) is 10.9 Å². The first-order valence-corrected chi connectivity index (χ1v) is 4.78. The van der Waals surface area contributed by atoms with E-state index in [4.69, 9.17) is 10.6 Å². The lowest BCUT2D eigenvalue weighted by molar-refractivity contribution is 0.0852. The summed E-state index contributed by atoms with van der Waals surface area (Å²) in [4.78, 5) is 5.33. The topological polar surface area (TPSA) is 47.6 Å². The van der Waals surface area contributed by atoms with Gasteiger partial charge in [0, 0.05) is 13.0 Å². The lowest BCUT2D eigenvalue weighted by atomic mass is 10.00. The van der Waals surface area contributed by atoms with Gasteiger partial charge in [0.2, 0.25) is 0 Å². The molecule has 1 unspecified atom stereocenters. The van der Waals surface area contributed by atoms with E-state index in [0.717, 1.165) is 12.1 Å². The SMILES string of the molecule is Cc1ccccc1C1CC(CN)=NO1. The first-order valence-electron chi connectivity index (χ1n) is 4.78. The predicted molar refractivity (Wildman–Crippen MR) is 56.1 cm³/mol. The number of nitrogens with zero attached hydrogens (tertiary/aromatic N) is 1. The molecule has 74 valence electrons. The summed E-state index contributed by atoms with van der Waals surface area (Å²) < 4.78 is 0. The summed E-state index contributed by atoms with van der Waals surface area (Å²) in [5, 5.41) is 3.94. The van der Waals surface area contributed by atoms with Gasteiger partial charge in [0.1, 0.15) is 0 Å². The monoisotopic (exact) mass is 190 g/mol. The van der Waals surface area contributed by atoms with Crippen LogP contribution in [-0.2, 0) is 4.84 Å². The van der Waals surface area contributed by atoms with E-state index in [-0.39, 0.29) is 6.10 Å². The van der Waals surface area contributed by atoms with Crippen molar-refractivity contribution < 1.29 is 4.84 Å². The Hall–Kier alpha value is -1.35. The zero-order valence-corrected chi connectivity index (χ0v) is 8.23. The zero-order valence-electron chi connectivity index (χ0n) is 8.23. The van der Waals surface area contributed by atoms with Gasteiger partial charge in [-0.2, -0.15) is 0 Å². The Morgan fingerprint density at radius 1 is 1.50 bits per heavy atom. The maximum atomic E-state index is 5.50. The van der Waals surface area contributed by atoms with E-state index in [1.807, 2.05) is 12.1 Å². The Balaban J connectivity index is 2.16. The van der Waals surface area contributed by atoms with Gasteiger partial charge in [-0.3, -0.25) is 0 Å². The number of aryl methyl sites for hydroxylation is 1. The minimum Gasteiger partial charge on any atom is -0.387 e. The molecular formula is C11H14N2O. The van der Waals surface area contributed by atoms with E-state index in [1.165, 1.54) is 11.1 Å². The van der Waals surface area contributed by atoms with Crippen molar-refractivity contribution in [2.45, 2.75) is 19.4 Å². The molecule has 14 heavy (non-hydrogen) atoms. The van der Waals surface area contributed by atoms with Crippen molar-refractivity contribution in [2.75, 3.05) is 6.54 Å². The highest BCUT2D eigenvalue weighted by atomic mass is 16.6. The quantitative estimate of drug-likeness (QED) is 0.772. The van der Waals surface area contributed by atoms with Crippen LogP contribution in [0.1, 0.15) is 23.7 Å². The number of nitrogens with two attached hydrogens (primary N) is 1. The molecule has 0 saturated carbocycles. The van der Waals surface area contributed by atoms with Gasteiger partial charge < -0.3 is 10.6 Å². The molecule has 3 nitrogen and oxygen atoms in total. The van der Waals surface area contributed by atoms with Crippen LogP contribution in [0.25, 0.3) is 0 Å². The molecule has 3 heteroatoms. The zero-order chi connectivity index (χ0) is 9.97. The van der Waals surface area contributed by atoms with Gasteiger partial charge in [0.05, 0.1) is 5.71 Å². The number of benzene rings is 1. The van der Waals surface area contributed by atoms with Crippen LogP contribution in [0.5, 0.6) is 0 Å². The van der Waals surface area contributed by atoms with Gasteiger partial charge in [-0.05, 0) is 18.1 Å². The Morgan fingerprint density at radius 2 is 2.29 bits per heavy atom. The fourth-order valence-corrected chi connectivity index (χ4v) is 1.66. The molecule has 0 spiro atoms. The molecule has 1 aliphatic rings. The van der Waals surface area contributed by atoms with Crippen molar-refractivity contribution >= 4 is 5.71 Å². The predicted octanol–water partition coefficient (Wildman–Crippen LogP) is 1.77. The lowest BCUT2D eigenvalue weighted by Gasteiger charge is -2.10. The van der Waals surface area contributed by atoms with Crippen LogP contribution in [0.4, 0.5) is 0 Å². The normalized spacial score (nSPS) is 20.4. The first-order chi connectivity index (χ1) is 6.81. The summed E-state index contributed by atoms with van der Waals surface area (Å²) in [6.07, 6.45) is 0.885. The number of oxime groups is 1. The smallest absolute Gasteiger partial charge is 0.158 e. The molecule has 0 bridgehead atoms. The molecule has 2 rings (SSSR count). The molecule has 0 fully saturated rings. The van der Waals surface area contributed by atoms with Crippen LogP contribution in [0.3, 0.4) is 0 Å². The van der Waals surface area contributed by atoms with Gasteiger partial charge in [0.15, 0.2) is 6.10 Å². The average Bonchev–Trinajstić information content (AvgIpc) is 2.67. The summed E-state index contributed by atoms with van der Waals surface area (Å²) in [6.45, 7) is 2.57. The molecule has 1 aliphatic heterocycles. The van der Waals surface area contributed by atoms with Crippen molar-refractivity contribution in [3.8, 4) is 0 Å². The van der Waals surface area contributed by atoms with Crippen LogP contribution in [0, 0.1) is 6.92 Å². The van der Waals surface area contributed by atoms with Gasteiger partial charge in [-0.15, -0.1) is 0 Å². The molecule has 0 amide bonds. The second-order valence-electron chi connectivity index (χ2n) is 3.52. The highest BCUT2D eigenvalue weighted by Crippen LogP contribution is 2.28. The summed E-state index contributed by atoms with van der Waals surface area (Å²) in [6, 6.07) is 8.21. The van der Waals surface area contributed by atoms with Crippen LogP contribution in [0.2, 0.25) is 0 Å². The standard InChI is InChI=1S/C11H14N2O/c1-8-4-2-3-5-10(8)11-6-9(7-12)13-14-11/h2-5,11H,6-7,12H2,1H3. The molecule has 1 atom stereocenters. The Kier molecular flexibility index (Phi) is 2.50. The minimum atomic E-state index is 0.0646. The van der Waals surface area contributed by atoms with E-state index in [1.54, 1.807) is 0 Å². The molecular weight excluding hydrogens is 176 g/mol. The fraction of sp³-hybridized carbons (Fsp3) is 0.364. The summed E-state index contributed by atoms with van der Waals surface area (Å²) in [5.41, 5.74) is 8.89. The average molecular weight is 190 g/mol. The number of hydrogen-bond acceptors (Lipinski definition) is 3. The molecule has 1 aromatic carbocycles. The van der Waals surface area contributed by atoms with Crippen molar-refractivity contribution in [1.29, 1.82) is 0 Å². The number of rotatable bonds is 2. The maximum absolute atomic E-state index is 5.50. The molecule has 0 aliphatic carbocycles. The van der Waals surface area contributed by atoms with Gasteiger partial charge >= 0.3 is 0 Å². The van der Waals surface area contributed by atoms with Crippen molar-refractivity contribution in [3.63, 3.8) is 0 Å². The third kappa shape index (κ3) is 1.63. The van der Waals surface area contributed by atoms with E-state index in [9.17, 15) is 0 Å². The van der Waals surface area contributed by atoms with Crippen LogP contribution < -0.4 is 5.73 Å². The minimum absolute atomic E-state index is 0.0646. The van der Waals surface area contributed by atoms with Crippen LogP contribution in [0.15, 0.2) is 29.4 Å². The van der Waals surface area contributed by atoms with E-state index >= 15 is 0 Å². The molecule has 2 N–H and O–H groups in total. The maximum Gasteiger partial charge on any atom is 0.158 e. The highest BCUT2D eigenvalue weighted by molar-refractivity contribution is 5.87. The summed E-state index contributed by atoms with van der Waals surface area (Å²) in [7, 11) is 0. The first kappa shape index (κ1) is 9.21.